The molecule has 1 saturated carbocycles. The standard InChI is InChI=1S/C11H21NO2/c1-2-14-9-7-11(13,8-9)10-5-3-4-6-12-10/h9-10,12-13H,2-8H2,1H3. The molecule has 1 atom stereocenters. The molecule has 2 fully saturated rings. The summed E-state index contributed by atoms with van der Waals surface area (Å²) in [5, 5.41) is 13.7. The van der Waals surface area contributed by atoms with Crippen LogP contribution in [-0.2, 0) is 4.74 Å². The number of nitrogens with one attached hydrogen (secondary N) is 1. The second-order valence-electron chi connectivity index (χ2n) is 4.59. The molecule has 82 valence electrons. The Hall–Kier alpha value is -0.120. The second kappa shape index (κ2) is 4.17. The smallest absolute Gasteiger partial charge is 0.0849 e. The minimum absolute atomic E-state index is 0.300. The van der Waals surface area contributed by atoms with Crippen molar-refractivity contribution < 1.29 is 9.84 Å². The van der Waals surface area contributed by atoms with E-state index < -0.39 is 5.60 Å². The molecule has 1 heterocycles. The van der Waals surface area contributed by atoms with Crippen molar-refractivity contribution >= 4 is 0 Å². The average molecular weight is 199 g/mol. The van der Waals surface area contributed by atoms with Gasteiger partial charge in [0.15, 0.2) is 0 Å². The van der Waals surface area contributed by atoms with E-state index in [1.165, 1.54) is 12.8 Å². The molecule has 2 rings (SSSR count). The molecular weight excluding hydrogens is 178 g/mol. The average Bonchev–Trinajstić information content (AvgIpc) is 2.17. The van der Waals surface area contributed by atoms with Crippen molar-refractivity contribution in [2.45, 2.75) is 56.8 Å². The summed E-state index contributed by atoms with van der Waals surface area (Å²) >= 11 is 0. The van der Waals surface area contributed by atoms with Crippen LogP contribution in [-0.4, -0.2) is 36.0 Å². The highest BCUT2D eigenvalue weighted by Crippen LogP contribution is 2.39. The molecule has 1 unspecified atom stereocenters. The lowest BCUT2D eigenvalue weighted by Gasteiger charge is -2.49. The van der Waals surface area contributed by atoms with Crippen LogP contribution >= 0.6 is 0 Å². The van der Waals surface area contributed by atoms with E-state index in [0.29, 0.717) is 12.1 Å². The lowest BCUT2D eigenvalue weighted by atomic mass is 9.70. The predicted molar refractivity (Wildman–Crippen MR) is 55.2 cm³/mol. The number of ether oxygens (including phenoxy) is 1. The third-order valence-electron chi connectivity index (χ3n) is 3.52. The molecule has 3 nitrogen and oxygen atoms in total. The molecule has 1 saturated heterocycles. The molecule has 2 N–H and O–H groups in total. The zero-order valence-corrected chi connectivity index (χ0v) is 8.96. The van der Waals surface area contributed by atoms with Gasteiger partial charge in [-0.3, -0.25) is 0 Å². The van der Waals surface area contributed by atoms with Crippen molar-refractivity contribution in [3.8, 4) is 0 Å². The largest absolute Gasteiger partial charge is 0.388 e. The topological polar surface area (TPSA) is 41.5 Å². The molecule has 0 aromatic heterocycles. The van der Waals surface area contributed by atoms with E-state index in [9.17, 15) is 5.11 Å². The van der Waals surface area contributed by atoms with Crippen LogP contribution in [0.4, 0.5) is 0 Å². The van der Waals surface area contributed by atoms with Gasteiger partial charge >= 0.3 is 0 Å². The van der Waals surface area contributed by atoms with Gasteiger partial charge < -0.3 is 15.2 Å². The molecule has 0 aromatic carbocycles. The van der Waals surface area contributed by atoms with Crippen molar-refractivity contribution in [2.24, 2.45) is 0 Å². The van der Waals surface area contributed by atoms with Crippen LogP contribution in [0.5, 0.6) is 0 Å². The van der Waals surface area contributed by atoms with Gasteiger partial charge in [-0.1, -0.05) is 6.42 Å². The molecule has 0 bridgehead atoms. The zero-order valence-electron chi connectivity index (χ0n) is 8.96. The molecule has 14 heavy (non-hydrogen) atoms. The normalized spacial score (nSPS) is 43.3. The van der Waals surface area contributed by atoms with Gasteiger partial charge in [-0.25, -0.2) is 0 Å². The fraction of sp³-hybridized carbons (Fsp3) is 1.00. The number of aliphatic hydroxyl groups is 1. The molecule has 0 spiro atoms. The molecular formula is C11H21NO2. The van der Waals surface area contributed by atoms with Gasteiger partial charge in [-0.2, -0.15) is 0 Å². The summed E-state index contributed by atoms with van der Waals surface area (Å²) in [7, 11) is 0. The molecule has 2 aliphatic rings. The maximum Gasteiger partial charge on any atom is 0.0849 e. The highest BCUT2D eigenvalue weighted by atomic mass is 16.5. The van der Waals surface area contributed by atoms with Crippen molar-refractivity contribution in [3.05, 3.63) is 0 Å². The first-order chi connectivity index (χ1) is 6.74. The first-order valence-corrected chi connectivity index (χ1v) is 5.82. The number of hydrogen-bond donors (Lipinski definition) is 2. The Balaban J connectivity index is 1.80. The van der Waals surface area contributed by atoms with Crippen molar-refractivity contribution in [2.75, 3.05) is 13.2 Å². The SMILES string of the molecule is CCOC1CC(O)(C2CCCCN2)C1. The van der Waals surface area contributed by atoms with Crippen LogP contribution in [0.2, 0.25) is 0 Å². The summed E-state index contributed by atoms with van der Waals surface area (Å²) in [5.41, 5.74) is -0.472. The van der Waals surface area contributed by atoms with E-state index in [1.54, 1.807) is 0 Å². The Morgan fingerprint density at radius 3 is 2.79 bits per heavy atom. The van der Waals surface area contributed by atoms with Crippen LogP contribution in [0, 0.1) is 0 Å². The minimum atomic E-state index is -0.472. The van der Waals surface area contributed by atoms with Crippen molar-refractivity contribution in [1.29, 1.82) is 0 Å². The number of hydrogen-bond acceptors (Lipinski definition) is 3. The van der Waals surface area contributed by atoms with Gasteiger partial charge in [0.25, 0.3) is 0 Å². The fourth-order valence-corrected chi connectivity index (χ4v) is 2.68. The van der Waals surface area contributed by atoms with Crippen LogP contribution in [0.25, 0.3) is 0 Å². The Bertz CT molecular complexity index is 184. The Kier molecular flexibility index (Phi) is 3.10. The number of piperidine rings is 1. The Labute approximate surface area is 85.8 Å². The maximum atomic E-state index is 10.3. The van der Waals surface area contributed by atoms with Crippen LogP contribution in [0.15, 0.2) is 0 Å². The van der Waals surface area contributed by atoms with Gasteiger partial charge in [0.1, 0.15) is 0 Å². The van der Waals surface area contributed by atoms with E-state index in [4.69, 9.17) is 4.74 Å². The van der Waals surface area contributed by atoms with E-state index >= 15 is 0 Å². The first kappa shape index (κ1) is 10.4. The quantitative estimate of drug-likeness (QED) is 0.714. The first-order valence-electron chi connectivity index (χ1n) is 5.82. The molecule has 0 aromatic rings. The molecule has 0 amide bonds. The summed E-state index contributed by atoms with van der Waals surface area (Å²) in [4.78, 5) is 0. The Morgan fingerprint density at radius 1 is 1.43 bits per heavy atom. The van der Waals surface area contributed by atoms with E-state index in [2.05, 4.69) is 5.32 Å². The Morgan fingerprint density at radius 2 is 2.21 bits per heavy atom. The fourth-order valence-electron chi connectivity index (χ4n) is 2.68. The van der Waals surface area contributed by atoms with Gasteiger partial charge in [-0.05, 0) is 26.3 Å². The predicted octanol–water partition coefficient (Wildman–Crippen LogP) is 1.06. The summed E-state index contributed by atoms with van der Waals surface area (Å²) in [6.45, 7) is 3.83. The van der Waals surface area contributed by atoms with Gasteiger partial charge in [0.2, 0.25) is 0 Å². The van der Waals surface area contributed by atoms with E-state index in [0.717, 1.165) is 32.4 Å². The van der Waals surface area contributed by atoms with Gasteiger partial charge in [0, 0.05) is 25.5 Å². The third-order valence-corrected chi connectivity index (χ3v) is 3.52. The van der Waals surface area contributed by atoms with Crippen LogP contribution < -0.4 is 5.32 Å². The maximum absolute atomic E-state index is 10.3. The molecule has 0 radical (unpaired) electrons. The van der Waals surface area contributed by atoms with Gasteiger partial charge in [-0.15, -0.1) is 0 Å². The van der Waals surface area contributed by atoms with Crippen molar-refractivity contribution in [3.63, 3.8) is 0 Å². The van der Waals surface area contributed by atoms with Crippen molar-refractivity contribution in [1.82, 2.24) is 5.32 Å². The molecule has 3 heteroatoms. The summed E-state index contributed by atoms with van der Waals surface area (Å²) in [5.74, 6) is 0. The van der Waals surface area contributed by atoms with Crippen LogP contribution in [0.1, 0.15) is 39.0 Å². The summed E-state index contributed by atoms with van der Waals surface area (Å²) < 4.78 is 5.48. The van der Waals surface area contributed by atoms with E-state index in [-0.39, 0.29) is 0 Å². The lowest BCUT2D eigenvalue weighted by Crippen LogP contribution is -2.61. The second-order valence-corrected chi connectivity index (χ2v) is 4.59. The van der Waals surface area contributed by atoms with Gasteiger partial charge in [0.05, 0.1) is 11.7 Å². The van der Waals surface area contributed by atoms with E-state index in [1.807, 2.05) is 6.92 Å². The summed E-state index contributed by atoms with van der Waals surface area (Å²) in [6.07, 6.45) is 5.56. The molecule has 1 aliphatic carbocycles. The lowest BCUT2D eigenvalue weighted by molar-refractivity contribution is -0.157. The third kappa shape index (κ3) is 1.95. The zero-order chi connectivity index (χ0) is 10.0. The summed E-state index contributed by atoms with van der Waals surface area (Å²) in [6, 6.07) is 0.313. The highest BCUT2D eigenvalue weighted by Gasteiger charge is 2.48. The number of rotatable bonds is 3. The minimum Gasteiger partial charge on any atom is -0.388 e. The molecule has 1 aliphatic heterocycles. The highest BCUT2D eigenvalue weighted by molar-refractivity contribution is 5.04. The van der Waals surface area contributed by atoms with Crippen LogP contribution in [0.3, 0.4) is 0 Å². The monoisotopic (exact) mass is 199 g/mol.